The summed E-state index contributed by atoms with van der Waals surface area (Å²) in [4.78, 5) is 11.1. The first kappa shape index (κ1) is 15.6. The van der Waals surface area contributed by atoms with Crippen LogP contribution in [0, 0.1) is 0 Å². The summed E-state index contributed by atoms with van der Waals surface area (Å²) in [6.07, 6.45) is 0. The minimum Gasteiger partial charge on any atom is -0.478 e. The zero-order valence-corrected chi connectivity index (χ0v) is 12.7. The van der Waals surface area contributed by atoms with E-state index in [1.165, 1.54) is 42.5 Å². The van der Waals surface area contributed by atoms with Crippen LogP contribution in [-0.2, 0) is 10.0 Å². The summed E-state index contributed by atoms with van der Waals surface area (Å²) in [5, 5.41) is 9.45. The molecule has 0 saturated heterocycles. The molecule has 0 bridgehead atoms. The fourth-order valence-electron chi connectivity index (χ4n) is 1.64. The summed E-state index contributed by atoms with van der Waals surface area (Å²) < 4.78 is 26.6. The first-order valence-electron chi connectivity index (χ1n) is 5.61. The Hall–Kier alpha value is -1.76. The zero-order chi connectivity index (χ0) is 15.6. The minimum absolute atomic E-state index is 0.0387. The maximum absolute atomic E-state index is 12.2. The standard InChI is InChI=1S/C13H9Cl2NO4S/c14-8-4-6-9(7-5-8)21(19,20)16-11-3-1-2-10(15)12(11)13(17)18/h1-7,16H,(H,17,18). The molecule has 0 aliphatic heterocycles. The SMILES string of the molecule is O=C(O)c1c(Cl)cccc1NS(=O)(=O)c1ccc(Cl)cc1. The Morgan fingerprint density at radius 3 is 2.24 bits per heavy atom. The van der Waals surface area contributed by atoms with Crippen molar-refractivity contribution in [3.05, 3.63) is 58.1 Å². The molecule has 0 heterocycles. The van der Waals surface area contributed by atoms with Gasteiger partial charge in [-0.3, -0.25) is 4.72 Å². The minimum atomic E-state index is -3.93. The topological polar surface area (TPSA) is 83.5 Å². The summed E-state index contributed by atoms with van der Waals surface area (Å²) in [5.74, 6) is -1.32. The normalized spacial score (nSPS) is 11.1. The van der Waals surface area contributed by atoms with E-state index in [0.29, 0.717) is 5.02 Å². The van der Waals surface area contributed by atoms with Gasteiger partial charge in [-0.15, -0.1) is 0 Å². The molecule has 2 aromatic rings. The molecule has 0 atom stereocenters. The Morgan fingerprint density at radius 2 is 1.67 bits per heavy atom. The van der Waals surface area contributed by atoms with E-state index < -0.39 is 16.0 Å². The summed E-state index contributed by atoms with van der Waals surface area (Å²) in [6.45, 7) is 0. The van der Waals surface area contributed by atoms with Gasteiger partial charge in [0.15, 0.2) is 0 Å². The van der Waals surface area contributed by atoms with Crippen molar-refractivity contribution in [1.29, 1.82) is 0 Å². The Labute approximate surface area is 131 Å². The van der Waals surface area contributed by atoms with Crippen LogP contribution in [0.4, 0.5) is 5.69 Å². The number of carboxylic acid groups (broad SMARTS) is 1. The van der Waals surface area contributed by atoms with Crippen molar-refractivity contribution in [3.63, 3.8) is 0 Å². The monoisotopic (exact) mass is 345 g/mol. The fourth-order valence-corrected chi connectivity index (χ4v) is 3.10. The third-order valence-electron chi connectivity index (χ3n) is 2.60. The Bertz CT molecular complexity index is 788. The number of halogens is 2. The smallest absolute Gasteiger partial charge is 0.339 e. The molecule has 0 radical (unpaired) electrons. The second-order valence-electron chi connectivity index (χ2n) is 4.03. The molecule has 5 nitrogen and oxygen atoms in total. The number of aromatic carboxylic acids is 1. The molecular formula is C13H9Cl2NO4S. The number of sulfonamides is 1. The number of hydrogen-bond donors (Lipinski definition) is 2. The largest absolute Gasteiger partial charge is 0.478 e. The number of carbonyl (C=O) groups is 1. The van der Waals surface area contributed by atoms with Crippen molar-refractivity contribution < 1.29 is 18.3 Å². The van der Waals surface area contributed by atoms with Crippen molar-refractivity contribution in [3.8, 4) is 0 Å². The second kappa shape index (κ2) is 5.93. The number of hydrogen-bond acceptors (Lipinski definition) is 3. The van der Waals surface area contributed by atoms with E-state index in [-0.39, 0.29) is 21.2 Å². The lowest BCUT2D eigenvalue weighted by Gasteiger charge is -2.11. The quantitative estimate of drug-likeness (QED) is 0.888. The highest BCUT2D eigenvalue weighted by molar-refractivity contribution is 7.92. The first-order valence-corrected chi connectivity index (χ1v) is 7.85. The second-order valence-corrected chi connectivity index (χ2v) is 6.55. The van der Waals surface area contributed by atoms with Gasteiger partial charge >= 0.3 is 5.97 Å². The molecule has 2 N–H and O–H groups in total. The third kappa shape index (κ3) is 3.47. The zero-order valence-electron chi connectivity index (χ0n) is 10.4. The van der Waals surface area contributed by atoms with Gasteiger partial charge < -0.3 is 5.11 Å². The molecule has 0 aliphatic rings. The van der Waals surface area contributed by atoms with Crippen molar-refractivity contribution in [1.82, 2.24) is 0 Å². The third-order valence-corrected chi connectivity index (χ3v) is 4.54. The van der Waals surface area contributed by atoms with Crippen LogP contribution >= 0.6 is 23.2 Å². The highest BCUT2D eigenvalue weighted by atomic mass is 35.5. The predicted octanol–water partition coefficient (Wildman–Crippen LogP) is 3.49. The lowest BCUT2D eigenvalue weighted by Crippen LogP contribution is -2.15. The molecule has 0 aromatic heterocycles. The summed E-state index contributed by atoms with van der Waals surface area (Å²) in [6, 6.07) is 9.62. The maximum Gasteiger partial charge on any atom is 0.339 e. The highest BCUT2D eigenvalue weighted by Gasteiger charge is 2.20. The Morgan fingerprint density at radius 1 is 1.05 bits per heavy atom. The molecule has 0 fully saturated rings. The van der Waals surface area contributed by atoms with Gasteiger partial charge in [-0.05, 0) is 36.4 Å². The van der Waals surface area contributed by atoms with Crippen LogP contribution in [0.5, 0.6) is 0 Å². The summed E-state index contributed by atoms with van der Waals surface area (Å²) in [7, 11) is -3.93. The Kier molecular flexibility index (Phi) is 4.41. The van der Waals surface area contributed by atoms with Gasteiger partial charge in [0.25, 0.3) is 10.0 Å². The lowest BCUT2D eigenvalue weighted by molar-refractivity contribution is 0.0698. The van der Waals surface area contributed by atoms with E-state index in [4.69, 9.17) is 28.3 Å². The predicted molar refractivity (Wildman–Crippen MR) is 80.7 cm³/mol. The van der Waals surface area contributed by atoms with Gasteiger partial charge in [-0.25, -0.2) is 13.2 Å². The number of benzene rings is 2. The van der Waals surface area contributed by atoms with Crippen molar-refractivity contribution in [2.24, 2.45) is 0 Å². The van der Waals surface area contributed by atoms with E-state index in [1.54, 1.807) is 0 Å². The van der Waals surface area contributed by atoms with Crippen molar-refractivity contribution >= 4 is 44.9 Å². The van der Waals surface area contributed by atoms with Gasteiger partial charge in [0.1, 0.15) is 5.56 Å². The van der Waals surface area contributed by atoms with Gasteiger partial charge in [0.2, 0.25) is 0 Å². The van der Waals surface area contributed by atoms with Crippen LogP contribution in [0.25, 0.3) is 0 Å². The molecule has 2 aromatic carbocycles. The Balaban J connectivity index is 2.44. The average molecular weight is 346 g/mol. The van der Waals surface area contributed by atoms with Gasteiger partial charge in [-0.1, -0.05) is 29.3 Å². The molecule has 0 aliphatic carbocycles. The van der Waals surface area contributed by atoms with Crippen LogP contribution in [0.1, 0.15) is 10.4 Å². The van der Waals surface area contributed by atoms with Crippen molar-refractivity contribution in [2.45, 2.75) is 4.90 Å². The molecule has 0 unspecified atom stereocenters. The fraction of sp³-hybridized carbons (Fsp3) is 0. The average Bonchev–Trinajstić information content (AvgIpc) is 2.38. The van der Waals surface area contributed by atoms with Gasteiger partial charge in [0.05, 0.1) is 15.6 Å². The van der Waals surface area contributed by atoms with E-state index in [9.17, 15) is 13.2 Å². The van der Waals surface area contributed by atoms with Crippen LogP contribution in [0.3, 0.4) is 0 Å². The molecule has 0 amide bonds. The molecule has 2 rings (SSSR count). The number of anilines is 1. The molecule has 110 valence electrons. The highest BCUT2D eigenvalue weighted by Crippen LogP contribution is 2.26. The summed E-state index contributed by atoms with van der Waals surface area (Å²) in [5.41, 5.74) is -0.415. The van der Waals surface area contributed by atoms with E-state index in [1.807, 2.05) is 0 Å². The van der Waals surface area contributed by atoms with Crippen LogP contribution in [-0.4, -0.2) is 19.5 Å². The van der Waals surface area contributed by atoms with Crippen molar-refractivity contribution in [2.75, 3.05) is 4.72 Å². The molecule has 0 spiro atoms. The van der Waals surface area contributed by atoms with E-state index in [2.05, 4.69) is 4.72 Å². The first-order chi connectivity index (χ1) is 9.81. The maximum atomic E-state index is 12.2. The molecular weight excluding hydrogens is 337 g/mol. The van der Waals surface area contributed by atoms with E-state index >= 15 is 0 Å². The van der Waals surface area contributed by atoms with Crippen LogP contribution in [0.2, 0.25) is 10.0 Å². The van der Waals surface area contributed by atoms with Crippen LogP contribution in [0.15, 0.2) is 47.4 Å². The van der Waals surface area contributed by atoms with Gasteiger partial charge in [0, 0.05) is 5.02 Å². The molecule has 0 saturated carbocycles. The van der Waals surface area contributed by atoms with Gasteiger partial charge in [-0.2, -0.15) is 0 Å². The summed E-state index contributed by atoms with van der Waals surface area (Å²) >= 11 is 11.5. The lowest BCUT2D eigenvalue weighted by atomic mass is 10.2. The van der Waals surface area contributed by atoms with Crippen LogP contribution < -0.4 is 4.72 Å². The van der Waals surface area contributed by atoms with E-state index in [0.717, 1.165) is 0 Å². The number of nitrogens with one attached hydrogen (secondary N) is 1. The number of carboxylic acids is 1. The number of rotatable bonds is 4. The molecule has 21 heavy (non-hydrogen) atoms. The molecule has 8 heteroatoms.